The molecule has 0 heterocycles. The van der Waals surface area contributed by atoms with Crippen molar-refractivity contribution < 1.29 is 32.2 Å². The van der Waals surface area contributed by atoms with Gasteiger partial charge in [-0.25, -0.2) is 17.6 Å². The van der Waals surface area contributed by atoms with Gasteiger partial charge in [-0.2, -0.15) is 0 Å². The Morgan fingerprint density at radius 1 is 1.24 bits per heavy atom. The molecular formula is C15H13ClFNO6S. The second-order valence-corrected chi connectivity index (χ2v) is 6.83. The Hall–Kier alpha value is -2.52. The molecule has 2 aromatic rings. The number of sulfonamides is 1. The summed E-state index contributed by atoms with van der Waals surface area (Å²) in [5, 5.41) is 9.88. The number of carbonyl (C=O) groups excluding carboxylic acids is 1. The lowest BCUT2D eigenvalue weighted by molar-refractivity contribution is 0.0600. The molecule has 0 bridgehead atoms. The predicted molar refractivity (Wildman–Crippen MR) is 88.2 cm³/mol. The number of aromatic hydroxyl groups is 1. The number of benzene rings is 2. The number of hydrogen-bond donors (Lipinski definition) is 2. The van der Waals surface area contributed by atoms with E-state index in [1.54, 1.807) is 0 Å². The van der Waals surface area contributed by atoms with E-state index in [0.717, 1.165) is 25.3 Å². The largest absolute Gasteiger partial charge is 0.503 e. The van der Waals surface area contributed by atoms with Crippen molar-refractivity contribution in [2.75, 3.05) is 18.9 Å². The third kappa shape index (κ3) is 3.94. The normalized spacial score (nSPS) is 11.0. The van der Waals surface area contributed by atoms with Crippen molar-refractivity contribution in [1.82, 2.24) is 0 Å². The minimum absolute atomic E-state index is 0.0130. The molecule has 0 aromatic heterocycles. The summed E-state index contributed by atoms with van der Waals surface area (Å²) in [5.74, 6) is -3.09. The van der Waals surface area contributed by atoms with Crippen molar-refractivity contribution in [2.24, 2.45) is 0 Å². The van der Waals surface area contributed by atoms with Crippen LogP contribution in [-0.2, 0) is 14.8 Å². The molecule has 7 nitrogen and oxygen atoms in total. The Kier molecular flexibility index (Phi) is 5.39. The number of anilines is 1. The minimum Gasteiger partial charge on any atom is -0.503 e. The number of halogens is 2. The van der Waals surface area contributed by atoms with Crippen molar-refractivity contribution in [3.05, 3.63) is 46.7 Å². The Morgan fingerprint density at radius 3 is 2.52 bits per heavy atom. The van der Waals surface area contributed by atoms with E-state index in [1.807, 2.05) is 4.72 Å². The maximum absolute atomic E-state index is 13.8. The number of hydrogen-bond acceptors (Lipinski definition) is 6. The van der Waals surface area contributed by atoms with Crippen LogP contribution < -0.4 is 9.46 Å². The van der Waals surface area contributed by atoms with Crippen LogP contribution in [0.15, 0.2) is 35.2 Å². The molecule has 2 N–H and O–H groups in total. The zero-order valence-corrected chi connectivity index (χ0v) is 14.6. The van der Waals surface area contributed by atoms with Gasteiger partial charge >= 0.3 is 5.97 Å². The number of phenols is 1. The molecule has 134 valence electrons. The molecule has 0 aliphatic rings. The average Bonchev–Trinajstić information content (AvgIpc) is 2.57. The number of methoxy groups -OCH3 is 2. The highest BCUT2D eigenvalue weighted by Gasteiger charge is 2.24. The Labute approximate surface area is 148 Å². The second-order valence-electron chi connectivity index (χ2n) is 4.75. The summed E-state index contributed by atoms with van der Waals surface area (Å²) in [6, 6.07) is 5.55. The molecular weight excluding hydrogens is 377 g/mol. The highest BCUT2D eigenvalue weighted by molar-refractivity contribution is 7.92. The average molecular weight is 390 g/mol. The van der Waals surface area contributed by atoms with Crippen LogP contribution in [0.1, 0.15) is 10.4 Å². The molecule has 0 fully saturated rings. The summed E-state index contributed by atoms with van der Waals surface area (Å²) in [5.41, 5.74) is -0.823. The van der Waals surface area contributed by atoms with Crippen LogP contribution in [0.3, 0.4) is 0 Å². The van der Waals surface area contributed by atoms with Crippen LogP contribution in [0, 0.1) is 5.82 Å². The fourth-order valence-electron chi connectivity index (χ4n) is 1.97. The van der Waals surface area contributed by atoms with Gasteiger partial charge in [0.2, 0.25) is 0 Å². The first kappa shape index (κ1) is 18.8. The van der Waals surface area contributed by atoms with Crippen LogP contribution >= 0.6 is 11.6 Å². The summed E-state index contributed by atoms with van der Waals surface area (Å²) < 4.78 is 50.3. The Bertz CT molecular complexity index is 932. The molecule has 25 heavy (non-hydrogen) atoms. The highest BCUT2D eigenvalue weighted by atomic mass is 35.5. The van der Waals surface area contributed by atoms with E-state index in [2.05, 4.69) is 4.74 Å². The molecule has 0 radical (unpaired) electrons. The molecule has 10 heteroatoms. The predicted octanol–water partition coefficient (Wildman–Crippen LogP) is 2.78. The summed E-state index contributed by atoms with van der Waals surface area (Å²) in [7, 11) is -1.97. The molecule has 0 spiro atoms. The van der Waals surface area contributed by atoms with Crippen LogP contribution in [0.4, 0.5) is 10.1 Å². The lowest BCUT2D eigenvalue weighted by Gasteiger charge is -2.14. The quantitative estimate of drug-likeness (QED) is 0.602. The molecule has 0 aliphatic carbocycles. The van der Waals surface area contributed by atoms with Crippen molar-refractivity contribution in [3.8, 4) is 11.5 Å². The fraction of sp³-hybridized carbons (Fsp3) is 0.133. The van der Waals surface area contributed by atoms with Crippen molar-refractivity contribution in [2.45, 2.75) is 4.90 Å². The molecule has 2 aromatic carbocycles. The molecule has 0 unspecified atom stereocenters. The maximum Gasteiger partial charge on any atom is 0.338 e. The first-order valence-corrected chi connectivity index (χ1v) is 8.53. The number of esters is 1. The molecule has 0 amide bonds. The van der Waals surface area contributed by atoms with Gasteiger partial charge < -0.3 is 14.6 Å². The first-order chi connectivity index (χ1) is 11.7. The van der Waals surface area contributed by atoms with E-state index < -0.39 is 33.2 Å². The third-order valence-corrected chi connectivity index (χ3v) is 4.77. The van der Waals surface area contributed by atoms with Gasteiger partial charge in [-0.1, -0.05) is 11.6 Å². The number of ether oxygens (including phenoxy) is 2. The Balaban J connectivity index is 2.53. The van der Waals surface area contributed by atoms with Gasteiger partial charge in [-0.15, -0.1) is 0 Å². The zero-order valence-electron chi connectivity index (χ0n) is 13.0. The van der Waals surface area contributed by atoms with Crippen LogP contribution in [0.2, 0.25) is 5.02 Å². The minimum atomic E-state index is -4.31. The standard InChI is InChI=1S/C15H13ClFNO6S/c1-23-12-4-3-9(16)7-13(12)25(21,22)18-11-6-8(15(20)24-2)5-10(17)14(11)19/h3-7,18-19H,1-2H3. The van der Waals surface area contributed by atoms with Gasteiger partial charge in [-0.3, -0.25) is 4.72 Å². The highest BCUT2D eigenvalue weighted by Crippen LogP contribution is 2.33. The fourth-order valence-corrected chi connectivity index (χ4v) is 3.46. The number of phenolic OH excluding ortho intramolecular Hbond substituents is 1. The number of nitrogens with one attached hydrogen (secondary N) is 1. The molecule has 2 rings (SSSR count). The maximum atomic E-state index is 13.8. The van der Waals surface area contributed by atoms with Gasteiger partial charge in [0.15, 0.2) is 11.6 Å². The number of rotatable bonds is 5. The van der Waals surface area contributed by atoms with Gasteiger partial charge in [0, 0.05) is 5.02 Å². The van der Waals surface area contributed by atoms with E-state index in [1.165, 1.54) is 19.2 Å². The lowest BCUT2D eigenvalue weighted by atomic mass is 10.2. The topological polar surface area (TPSA) is 102 Å². The van der Waals surface area contributed by atoms with E-state index in [-0.39, 0.29) is 21.2 Å². The van der Waals surface area contributed by atoms with E-state index in [9.17, 15) is 22.7 Å². The third-order valence-electron chi connectivity index (χ3n) is 3.14. The summed E-state index contributed by atoms with van der Waals surface area (Å²) in [6.07, 6.45) is 0. The zero-order chi connectivity index (χ0) is 18.8. The van der Waals surface area contributed by atoms with Gasteiger partial charge in [0.25, 0.3) is 10.0 Å². The van der Waals surface area contributed by atoms with Crippen LogP contribution in [-0.4, -0.2) is 33.7 Å². The van der Waals surface area contributed by atoms with Gasteiger partial charge in [0.1, 0.15) is 10.6 Å². The monoisotopic (exact) mass is 389 g/mol. The van der Waals surface area contributed by atoms with Crippen LogP contribution in [0.5, 0.6) is 11.5 Å². The van der Waals surface area contributed by atoms with Crippen LogP contribution in [0.25, 0.3) is 0 Å². The van der Waals surface area contributed by atoms with Crippen molar-refractivity contribution >= 4 is 33.3 Å². The smallest absolute Gasteiger partial charge is 0.338 e. The molecule has 0 saturated heterocycles. The summed E-state index contributed by atoms with van der Waals surface area (Å²) in [4.78, 5) is 11.2. The first-order valence-electron chi connectivity index (χ1n) is 6.66. The summed E-state index contributed by atoms with van der Waals surface area (Å²) in [6.45, 7) is 0. The van der Waals surface area contributed by atoms with Crippen molar-refractivity contribution in [3.63, 3.8) is 0 Å². The summed E-state index contributed by atoms with van der Waals surface area (Å²) >= 11 is 5.81. The van der Waals surface area contributed by atoms with Crippen molar-refractivity contribution in [1.29, 1.82) is 0 Å². The van der Waals surface area contributed by atoms with E-state index >= 15 is 0 Å². The van der Waals surface area contributed by atoms with E-state index in [4.69, 9.17) is 16.3 Å². The van der Waals surface area contributed by atoms with Gasteiger partial charge in [0.05, 0.1) is 25.5 Å². The lowest BCUT2D eigenvalue weighted by Crippen LogP contribution is -2.15. The van der Waals surface area contributed by atoms with E-state index in [0.29, 0.717) is 0 Å². The molecule has 0 aliphatic heterocycles. The van der Waals surface area contributed by atoms with Gasteiger partial charge in [-0.05, 0) is 30.3 Å². The number of carbonyl (C=O) groups is 1. The Morgan fingerprint density at radius 2 is 1.92 bits per heavy atom. The second kappa shape index (κ2) is 7.16. The molecule has 0 saturated carbocycles. The SMILES string of the molecule is COC(=O)c1cc(F)c(O)c(NS(=O)(=O)c2cc(Cl)ccc2OC)c1. The molecule has 0 atom stereocenters.